The Labute approximate surface area is 107 Å². The first-order chi connectivity index (χ1) is 8.43. The average Bonchev–Trinajstić information content (AvgIpc) is 2.86. The zero-order chi connectivity index (χ0) is 13.3. The predicted octanol–water partition coefficient (Wildman–Crippen LogP) is 1.46. The molecule has 2 rings (SSSR count). The lowest BCUT2D eigenvalue weighted by Gasteiger charge is -2.32. The van der Waals surface area contributed by atoms with E-state index in [1.165, 1.54) is 0 Å². The zero-order valence-corrected chi connectivity index (χ0v) is 11.3. The molecule has 1 fully saturated rings. The molecule has 1 aromatic rings. The van der Waals surface area contributed by atoms with Crippen LogP contribution in [-0.4, -0.2) is 29.1 Å². The lowest BCUT2D eigenvalue weighted by molar-refractivity contribution is -0.140. The van der Waals surface area contributed by atoms with Crippen LogP contribution in [-0.2, 0) is 11.3 Å². The van der Waals surface area contributed by atoms with Gasteiger partial charge in [-0.25, -0.2) is 0 Å². The van der Waals surface area contributed by atoms with E-state index in [1.807, 2.05) is 19.9 Å². The van der Waals surface area contributed by atoms with E-state index < -0.39 is 5.41 Å². The number of carbonyl (C=O) groups is 1. The van der Waals surface area contributed by atoms with Gasteiger partial charge in [0, 0.05) is 19.2 Å². The van der Waals surface area contributed by atoms with Crippen LogP contribution in [0.2, 0.25) is 0 Å². The SMILES string of the molecule is Cc1cc(CN(C)C(=O)C2(C)CCCC2N)no1. The maximum absolute atomic E-state index is 12.5. The molecule has 0 aliphatic heterocycles. The Morgan fingerprint density at radius 2 is 2.44 bits per heavy atom. The summed E-state index contributed by atoms with van der Waals surface area (Å²) in [5, 5.41) is 3.91. The van der Waals surface area contributed by atoms with E-state index in [0.717, 1.165) is 30.7 Å². The standard InChI is InChI=1S/C13H21N3O2/c1-9-7-10(15-18-9)8-16(3)12(17)13(2)6-4-5-11(13)14/h7,11H,4-6,8,14H2,1-3H3. The fraction of sp³-hybridized carbons (Fsp3) is 0.692. The first kappa shape index (κ1) is 13.1. The highest BCUT2D eigenvalue weighted by atomic mass is 16.5. The van der Waals surface area contributed by atoms with Crippen LogP contribution in [0.4, 0.5) is 0 Å². The topological polar surface area (TPSA) is 72.4 Å². The molecule has 1 aromatic heterocycles. The summed E-state index contributed by atoms with van der Waals surface area (Å²) in [6.07, 6.45) is 2.83. The number of nitrogens with two attached hydrogens (primary N) is 1. The summed E-state index contributed by atoms with van der Waals surface area (Å²) in [5.41, 5.74) is 6.42. The molecule has 1 aliphatic rings. The minimum Gasteiger partial charge on any atom is -0.361 e. The second kappa shape index (κ2) is 4.72. The zero-order valence-electron chi connectivity index (χ0n) is 11.3. The quantitative estimate of drug-likeness (QED) is 0.882. The molecule has 1 aliphatic carbocycles. The molecule has 0 aromatic carbocycles. The monoisotopic (exact) mass is 251 g/mol. The summed E-state index contributed by atoms with van der Waals surface area (Å²) in [7, 11) is 1.79. The van der Waals surface area contributed by atoms with Gasteiger partial charge in [0.2, 0.25) is 5.91 Å². The van der Waals surface area contributed by atoms with Crippen molar-refractivity contribution in [1.29, 1.82) is 0 Å². The van der Waals surface area contributed by atoms with Crippen LogP contribution in [0.15, 0.2) is 10.6 Å². The van der Waals surface area contributed by atoms with Crippen LogP contribution in [0.1, 0.15) is 37.6 Å². The number of nitrogens with zero attached hydrogens (tertiary/aromatic N) is 2. The van der Waals surface area contributed by atoms with Crippen molar-refractivity contribution in [1.82, 2.24) is 10.1 Å². The van der Waals surface area contributed by atoms with Gasteiger partial charge in [-0.2, -0.15) is 0 Å². The van der Waals surface area contributed by atoms with E-state index in [-0.39, 0.29) is 11.9 Å². The van der Waals surface area contributed by atoms with Gasteiger partial charge >= 0.3 is 0 Å². The number of aromatic nitrogens is 1. The molecule has 100 valence electrons. The number of hydrogen-bond acceptors (Lipinski definition) is 4. The smallest absolute Gasteiger partial charge is 0.230 e. The Morgan fingerprint density at radius 3 is 2.94 bits per heavy atom. The molecule has 5 heteroatoms. The van der Waals surface area contributed by atoms with Gasteiger partial charge in [-0.1, -0.05) is 11.6 Å². The van der Waals surface area contributed by atoms with Crippen molar-refractivity contribution in [2.24, 2.45) is 11.1 Å². The van der Waals surface area contributed by atoms with E-state index in [4.69, 9.17) is 10.3 Å². The summed E-state index contributed by atoms with van der Waals surface area (Å²) in [6, 6.07) is 1.81. The summed E-state index contributed by atoms with van der Waals surface area (Å²) in [5.74, 6) is 0.864. The first-order valence-electron chi connectivity index (χ1n) is 6.37. The molecule has 18 heavy (non-hydrogen) atoms. The maximum atomic E-state index is 12.5. The van der Waals surface area contributed by atoms with Crippen LogP contribution in [0.5, 0.6) is 0 Å². The van der Waals surface area contributed by atoms with Crippen LogP contribution in [0.3, 0.4) is 0 Å². The summed E-state index contributed by atoms with van der Waals surface area (Å²) >= 11 is 0. The number of aryl methyl sites for hydroxylation is 1. The van der Waals surface area contributed by atoms with Crippen LogP contribution < -0.4 is 5.73 Å². The Bertz CT molecular complexity index is 443. The van der Waals surface area contributed by atoms with E-state index >= 15 is 0 Å². The maximum Gasteiger partial charge on any atom is 0.230 e. The van der Waals surface area contributed by atoms with Crippen molar-refractivity contribution in [3.05, 3.63) is 17.5 Å². The third-order valence-corrected chi connectivity index (χ3v) is 3.94. The highest BCUT2D eigenvalue weighted by Crippen LogP contribution is 2.38. The predicted molar refractivity (Wildman–Crippen MR) is 67.6 cm³/mol. The fourth-order valence-electron chi connectivity index (χ4n) is 2.70. The first-order valence-corrected chi connectivity index (χ1v) is 6.37. The van der Waals surface area contributed by atoms with Crippen molar-refractivity contribution in [3.8, 4) is 0 Å². The third-order valence-electron chi connectivity index (χ3n) is 3.94. The number of hydrogen-bond donors (Lipinski definition) is 1. The molecular weight excluding hydrogens is 230 g/mol. The Morgan fingerprint density at radius 1 is 1.72 bits per heavy atom. The molecule has 1 heterocycles. The van der Waals surface area contributed by atoms with E-state index in [1.54, 1.807) is 11.9 Å². The van der Waals surface area contributed by atoms with Gasteiger partial charge < -0.3 is 15.2 Å². The second-order valence-corrected chi connectivity index (χ2v) is 5.51. The van der Waals surface area contributed by atoms with E-state index in [2.05, 4.69) is 5.16 Å². The van der Waals surface area contributed by atoms with E-state index in [0.29, 0.717) is 6.54 Å². The van der Waals surface area contributed by atoms with Gasteiger partial charge in [0.25, 0.3) is 0 Å². The highest BCUT2D eigenvalue weighted by Gasteiger charge is 2.44. The van der Waals surface area contributed by atoms with Crippen molar-refractivity contribution >= 4 is 5.91 Å². The largest absolute Gasteiger partial charge is 0.361 e. The molecule has 0 radical (unpaired) electrons. The normalized spacial score (nSPS) is 27.4. The second-order valence-electron chi connectivity index (χ2n) is 5.51. The lowest BCUT2D eigenvalue weighted by atomic mass is 9.83. The lowest BCUT2D eigenvalue weighted by Crippen LogP contribution is -2.47. The average molecular weight is 251 g/mol. The molecule has 0 spiro atoms. The highest BCUT2D eigenvalue weighted by molar-refractivity contribution is 5.83. The molecule has 1 saturated carbocycles. The molecule has 5 nitrogen and oxygen atoms in total. The van der Waals surface area contributed by atoms with Gasteiger partial charge in [-0.15, -0.1) is 0 Å². The van der Waals surface area contributed by atoms with Crippen LogP contribution in [0, 0.1) is 12.3 Å². The van der Waals surface area contributed by atoms with Crippen molar-refractivity contribution in [3.63, 3.8) is 0 Å². The van der Waals surface area contributed by atoms with Crippen LogP contribution >= 0.6 is 0 Å². The Hall–Kier alpha value is -1.36. The number of rotatable bonds is 3. The van der Waals surface area contributed by atoms with Crippen LogP contribution in [0.25, 0.3) is 0 Å². The van der Waals surface area contributed by atoms with E-state index in [9.17, 15) is 4.79 Å². The van der Waals surface area contributed by atoms with Gasteiger partial charge in [-0.3, -0.25) is 4.79 Å². The molecule has 1 amide bonds. The molecule has 2 atom stereocenters. The van der Waals surface area contributed by atoms with Gasteiger partial charge in [-0.05, 0) is 26.7 Å². The summed E-state index contributed by atoms with van der Waals surface area (Å²) < 4.78 is 5.00. The summed E-state index contributed by atoms with van der Waals surface area (Å²) in [6.45, 7) is 4.28. The molecule has 0 saturated heterocycles. The minimum atomic E-state index is -0.423. The molecule has 2 N–H and O–H groups in total. The number of carbonyl (C=O) groups excluding carboxylic acids is 1. The van der Waals surface area contributed by atoms with Crippen molar-refractivity contribution in [2.75, 3.05) is 7.05 Å². The third kappa shape index (κ3) is 2.27. The number of amides is 1. The minimum absolute atomic E-state index is 0.0357. The molecular formula is C13H21N3O2. The van der Waals surface area contributed by atoms with Gasteiger partial charge in [0.15, 0.2) is 0 Å². The Kier molecular flexibility index (Phi) is 3.43. The van der Waals surface area contributed by atoms with Crippen molar-refractivity contribution < 1.29 is 9.32 Å². The molecule has 0 bridgehead atoms. The van der Waals surface area contributed by atoms with Gasteiger partial charge in [0.05, 0.1) is 12.0 Å². The summed E-state index contributed by atoms with van der Waals surface area (Å²) in [4.78, 5) is 14.2. The van der Waals surface area contributed by atoms with Crippen molar-refractivity contribution in [2.45, 2.75) is 45.7 Å². The molecule has 2 unspecified atom stereocenters. The van der Waals surface area contributed by atoms with Gasteiger partial charge in [0.1, 0.15) is 11.5 Å². The Balaban J connectivity index is 2.05. The fourth-order valence-corrected chi connectivity index (χ4v) is 2.70.